The van der Waals surface area contributed by atoms with Crippen molar-refractivity contribution in [2.45, 2.75) is 0 Å². The van der Waals surface area contributed by atoms with Gasteiger partial charge in [0.15, 0.2) is 22.8 Å². The highest BCUT2D eigenvalue weighted by molar-refractivity contribution is 7.90. The molecule has 0 aliphatic rings. The predicted octanol–water partition coefficient (Wildman–Crippen LogP) is 1.01. The number of hydrogen-bond donors (Lipinski definition) is 3. The van der Waals surface area contributed by atoms with Crippen LogP contribution >= 0.6 is 0 Å². The van der Waals surface area contributed by atoms with Gasteiger partial charge in [-0.2, -0.15) is 15.1 Å². The molecule has 13 nitrogen and oxygen atoms in total. The number of nitrogens with one attached hydrogen (secondary N) is 3. The highest BCUT2D eigenvalue weighted by Crippen LogP contribution is 2.24. The summed E-state index contributed by atoms with van der Waals surface area (Å²) in [6.07, 6.45) is 4.04. The molecule has 0 aliphatic carbocycles. The van der Waals surface area contributed by atoms with Gasteiger partial charge in [-0.25, -0.2) is 27.7 Å². The van der Waals surface area contributed by atoms with Gasteiger partial charge < -0.3 is 16.0 Å². The number of benzene rings is 1. The third kappa shape index (κ3) is 5.06. The Labute approximate surface area is 189 Å². The number of sulfone groups is 1. The van der Waals surface area contributed by atoms with Crippen molar-refractivity contribution >= 4 is 44.5 Å². The first-order chi connectivity index (χ1) is 15.7. The Morgan fingerprint density at radius 2 is 1.97 bits per heavy atom. The normalized spacial score (nSPS) is 11.5. The van der Waals surface area contributed by atoms with Crippen molar-refractivity contribution < 1.29 is 13.2 Å². The van der Waals surface area contributed by atoms with Crippen LogP contribution < -0.4 is 16.0 Å². The van der Waals surface area contributed by atoms with E-state index >= 15 is 0 Å². The molecule has 0 unspecified atom stereocenters. The van der Waals surface area contributed by atoms with Gasteiger partial charge in [0.2, 0.25) is 5.95 Å². The van der Waals surface area contributed by atoms with E-state index in [4.69, 9.17) is 0 Å². The molecule has 0 saturated carbocycles. The van der Waals surface area contributed by atoms with Crippen LogP contribution in [0.2, 0.25) is 0 Å². The summed E-state index contributed by atoms with van der Waals surface area (Å²) in [5.41, 5.74) is 2.17. The quantitative estimate of drug-likeness (QED) is 0.355. The molecule has 3 heterocycles. The van der Waals surface area contributed by atoms with E-state index in [0.29, 0.717) is 22.8 Å². The highest BCUT2D eigenvalue weighted by Gasteiger charge is 2.17. The molecule has 3 aromatic heterocycles. The van der Waals surface area contributed by atoms with Crippen LogP contribution in [0.5, 0.6) is 0 Å². The van der Waals surface area contributed by atoms with Crippen LogP contribution in [0.1, 0.15) is 0 Å². The van der Waals surface area contributed by atoms with Gasteiger partial charge in [-0.05, 0) is 12.1 Å². The van der Waals surface area contributed by atoms with Crippen LogP contribution in [0, 0.1) is 0 Å². The number of carbonyl (C=O) groups is 1. The number of rotatable bonds is 7. The number of amides is 1. The van der Waals surface area contributed by atoms with E-state index in [-0.39, 0.29) is 23.9 Å². The van der Waals surface area contributed by atoms with Gasteiger partial charge in [-0.1, -0.05) is 12.1 Å². The van der Waals surface area contributed by atoms with Crippen LogP contribution in [0.3, 0.4) is 0 Å². The lowest BCUT2D eigenvalue weighted by atomic mass is 10.2. The van der Waals surface area contributed by atoms with Crippen LogP contribution in [0.15, 0.2) is 36.9 Å². The summed E-state index contributed by atoms with van der Waals surface area (Å²) in [7, 11) is 0.277. The van der Waals surface area contributed by atoms with Gasteiger partial charge in [-0.3, -0.25) is 4.68 Å². The number of aryl methyl sites for hydroxylation is 1. The average Bonchev–Trinajstić information content (AvgIpc) is 3.39. The lowest BCUT2D eigenvalue weighted by Crippen LogP contribution is -2.32. The monoisotopic (exact) mass is 470 g/mol. The van der Waals surface area contributed by atoms with Crippen molar-refractivity contribution in [2.75, 3.05) is 36.2 Å². The summed E-state index contributed by atoms with van der Waals surface area (Å²) in [6, 6.07) is 6.90. The second-order valence-electron chi connectivity index (χ2n) is 7.24. The van der Waals surface area contributed by atoms with Crippen molar-refractivity contribution in [3.63, 3.8) is 0 Å². The minimum Gasteiger partial charge on any atom is -0.371 e. The van der Waals surface area contributed by atoms with Crippen LogP contribution in [0.4, 0.5) is 22.2 Å². The maximum atomic E-state index is 12.6. The SMILES string of the molecule is CNc1nc(Nc2cccc(-c3ncn(C)n3)c2)nc2c1ncn2C(=O)NCCS(C)(=O)=O. The van der Waals surface area contributed by atoms with E-state index in [0.717, 1.165) is 11.8 Å². The molecule has 33 heavy (non-hydrogen) atoms. The minimum absolute atomic E-state index is 0.0270. The van der Waals surface area contributed by atoms with Gasteiger partial charge >= 0.3 is 6.03 Å². The number of fused-ring (bicyclic) bond motifs is 1. The summed E-state index contributed by atoms with van der Waals surface area (Å²) >= 11 is 0. The fraction of sp³-hybridized carbons (Fsp3) is 0.263. The molecular weight excluding hydrogens is 448 g/mol. The topological polar surface area (TPSA) is 162 Å². The Morgan fingerprint density at radius 3 is 2.67 bits per heavy atom. The summed E-state index contributed by atoms with van der Waals surface area (Å²) in [5, 5.41) is 12.9. The smallest absolute Gasteiger partial charge is 0.328 e. The van der Waals surface area contributed by atoms with E-state index in [1.54, 1.807) is 25.1 Å². The van der Waals surface area contributed by atoms with Crippen LogP contribution in [-0.2, 0) is 16.9 Å². The number of aromatic nitrogens is 7. The van der Waals surface area contributed by atoms with Crippen LogP contribution in [0.25, 0.3) is 22.6 Å². The number of hydrogen-bond acceptors (Lipinski definition) is 10. The zero-order valence-corrected chi connectivity index (χ0v) is 19.0. The standard InChI is InChI=1S/C19H22N10O3S/c1-20-16-14-17(29(11-22-14)19(30)21-7-8-33(3,31)32)26-18(25-16)24-13-6-4-5-12(9-13)15-23-10-28(2)27-15/h4-6,9-11H,7-8H2,1-3H3,(H,21,30)(H2,20,24,25,26). The molecule has 0 spiro atoms. The molecule has 0 saturated heterocycles. The lowest BCUT2D eigenvalue weighted by molar-refractivity contribution is 0.243. The van der Waals surface area contributed by atoms with Gasteiger partial charge in [0.1, 0.15) is 22.5 Å². The maximum absolute atomic E-state index is 12.6. The average molecular weight is 471 g/mol. The molecule has 172 valence electrons. The first kappa shape index (κ1) is 22.1. The zero-order chi connectivity index (χ0) is 23.6. The summed E-state index contributed by atoms with van der Waals surface area (Å²) in [6.45, 7) is -0.0270. The Kier molecular flexibility index (Phi) is 5.91. The van der Waals surface area contributed by atoms with Gasteiger partial charge in [0.25, 0.3) is 0 Å². The van der Waals surface area contributed by atoms with E-state index in [1.165, 1.54) is 10.9 Å². The molecule has 0 fully saturated rings. The van der Waals surface area contributed by atoms with E-state index in [2.05, 4.69) is 41.0 Å². The fourth-order valence-corrected chi connectivity index (χ4v) is 3.52. The Balaban J connectivity index is 1.62. The first-order valence-corrected chi connectivity index (χ1v) is 11.9. The number of carbonyl (C=O) groups excluding carboxylic acids is 1. The van der Waals surface area contributed by atoms with E-state index in [9.17, 15) is 13.2 Å². The van der Waals surface area contributed by atoms with E-state index < -0.39 is 15.9 Å². The molecule has 3 N–H and O–H groups in total. The van der Waals surface area contributed by atoms with Crippen molar-refractivity contribution in [1.82, 2.24) is 39.6 Å². The Hall–Kier alpha value is -4.07. The van der Waals surface area contributed by atoms with E-state index in [1.807, 2.05) is 24.3 Å². The van der Waals surface area contributed by atoms with Crippen molar-refractivity contribution in [3.8, 4) is 11.4 Å². The summed E-state index contributed by atoms with van der Waals surface area (Å²) in [5.74, 6) is 1.07. The molecular formula is C19H22N10O3S. The van der Waals surface area contributed by atoms with Crippen molar-refractivity contribution in [3.05, 3.63) is 36.9 Å². The first-order valence-electron chi connectivity index (χ1n) is 9.85. The molecule has 4 rings (SSSR count). The third-order valence-corrected chi connectivity index (χ3v) is 5.52. The molecule has 14 heteroatoms. The Bertz CT molecular complexity index is 1430. The molecule has 1 amide bonds. The number of anilines is 3. The van der Waals surface area contributed by atoms with Crippen LogP contribution in [-0.4, -0.2) is 74.3 Å². The number of imidazole rings is 1. The second kappa shape index (κ2) is 8.82. The Morgan fingerprint density at radius 1 is 1.15 bits per heavy atom. The maximum Gasteiger partial charge on any atom is 0.328 e. The predicted molar refractivity (Wildman–Crippen MR) is 123 cm³/mol. The largest absolute Gasteiger partial charge is 0.371 e. The molecule has 0 radical (unpaired) electrons. The second-order valence-corrected chi connectivity index (χ2v) is 9.50. The minimum atomic E-state index is -3.20. The summed E-state index contributed by atoms with van der Waals surface area (Å²) < 4.78 is 25.5. The fourth-order valence-electron chi connectivity index (χ4n) is 3.04. The molecule has 0 atom stereocenters. The molecule has 4 aromatic rings. The van der Waals surface area contributed by atoms with Crippen molar-refractivity contribution in [2.24, 2.45) is 7.05 Å². The third-order valence-electron chi connectivity index (χ3n) is 4.58. The van der Waals surface area contributed by atoms with Crippen molar-refractivity contribution in [1.29, 1.82) is 0 Å². The van der Waals surface area contributed by atoms with Gasteiger partial charge in [0, 0.05) is 38.1 Å². The highest BCUT2D eigenvalue weighted by atomic mass is 32.2. The zero-order valence-electron chi connectivity index (χ0n) is 18.1. The number of nitrogens with zero attached hydrogens (tertiary/aromatic N) is 7. The van der Waals surface area contributed by atoms with Gasteiger partial charge in [0.05, 0.1) is 5.75 Å². The molecule has 1 aromatic carbocycles. The molecule has 0 aliphatic heterocycles. The molecule has 0 bridgehead atoms. The van der Waals surface area contributed by atoms with Gasteiger partial charge in [-0.15, -0.1) is 0 Å². The summed E-state index contributed by atoms with van der Waals surface area (Å²) in [4.78, 5) is 29.9. The lowest BCUT2D eigenvalue weighted by Gasteiger charge is -2.10.